The number of likely N-dealkylation sites (tertiary alicyclic amines) is 1. The maximum Gasteiger partial charge on any atom is 0.317 e. The fourth-order valence-corrected chi connectivity index (χ4v) is 4.10. The van der Waals surface area contributed by atoms with Gasteiger partial charge in [-0.05, 0) is 36.3 Å². The van der Waals surface area contributed by atoms with Crippen molar-refractivity contribution >= 4 is 17.4 Å². The number of carbonyl (C=O) groups is 1. The molecular weight excluding hydrogens is 286 g/mol. The number of hydrogen-bond donors (Lipinski definition) is 2. The van der Waals surface area contributed by atoms with Crippen molar-refractivity contribution in [1.82, 2.24) is 15.1 Å². The van der Waals surface area contributed by atoms with E-state index in [1.807, 2.05) is 11.3 Å². The van der Waals surface area contributed by atoms with Crippen LogP contribution in [0.5, 0.6) is 0 Å². The molecule has 0 saturated carbocycles. The minimum atomic E-state index is -0.0280. The summed E-state index contributed by atoms with van der Waals surface area (Å²) in [7, 11) is 0. The Labute approximate surface area is 129 Å². The van der Waals surface area contributed by atoms with Crippen molar-refractivity contribution in [2.45, 2.75) is 31.8 Å². The van der Waals surface area contributed by atoms with Crippen LogP contribution in [0.4, 0.5) is 4.79 Å². The molecule has 2 aliphatic heterocycles. The van der Waals surface area contributed by atoms with Crippen LogP contribution in [0, 0.1) is 0 Å². The van der Waals surface area contributed by atoms with Crippen molar-refractivity contribution in [1.29, 1.82) is 0 Å². The van der Waals surface area contributed by atoms with E-state index in [4.69, 9.17) is 0 Å². The fourth-order valence-electron chi connectivity index (χ4n) is 3.21. The zero-order valence-electron chi connectivity index (χ0n) is 12.3. The first-order valence-corrected chi connectivity index (χ1v) is 8.59. The Bertz CT molecular complexity index is 491. The second-order valence-corrected chi connectivity index (χ2v) is 6.80. The average molecular weight is 309 g/mol. The predicted molar refractivity (Wildman–Crippen MR) is 83.5 cm³/mol. The highest BCUT2D eigenvalue weighted by molar-refractivity contribution is 7.10. The number of aliphatic hydroxyl groups excluding tert-OH is 1. The third-order valence-corrected chi connectivity index (χ3v) is 5.46. The highest BCUT2D eigenvalue weighted by Gasteiger charge is 2.27. The Morgan fingerprint density at radius 3 is 3.24 bits per heavy atom. The van der Waals surface area contributed by atoms with E-state index < -0.39 is 0 Å². The van der Waals surface area contributed by atoms with Crippen LogP contribution in [0.25, 0.3) is 0 Å². The van der Waals surface area contributed by atoms with Crippen LogP contribution < -0.4 is 5.32 Å². The molecule has 1 aromatic heterocycles. The molecule has 116 valence electrons. The lowest BCUT2D eigenvalue weighted by atomic mass is 10.1. The number of hydrogen-bond acceptors (Lipinski definition) is 4. The quantitative estimate of drug-likeness (QED) is 0.881. The van der Waals surface area contributed by atoms with Gasteiger partial charge in [0.25, 0.3) is 0 Å². The van der Waals surface area contributed by atoms with E-state index in [0.29, 0.717) is 6.54 Å². The summed E-state index contributed by atoms with van der Waals surface area (Å²) in [6, 6.07) is 2.19. The molecule has 0 aliphatic carbocycles. The molecule has 3 rings (SSSR count). The summed E-state index contributed by atoms with van der Waals surface area (Å²) in [5, 5.41) is 14.4. The maximum absolute atomic E-state index is 12.1. The average Bonchev–Trinajstić information content (AvgIpc) is 3.15. The van der Waals surface area contributed by atoms with E-state index in [1.165, 1.54) is 10.4 Å². The lowest BCUT2D eigenvalue weighted by molar-refractivity contribution is 0.155. The van der Waals surface area contributed by atoms with Gasteiger partial charge in [0.2, 0.25) is 0 Å². The molecule has 1 fully saturated rings. The van der Waals surface area contributed by atoms with Crippen molar-refractivity contribution in [3.63, 3.8) is 0 Å². The van der Waals surface area contributed by atoms with E-state index in [1.54, 1.807) is 4.90 Å². The molecular formula is C15H23N3O2S. The van der Waals surface area contributed by atoms with Gasteiger partial charge in [-0.1, -0.05) is 0 Å². The monoisotopic (exact) mass is 309 g/mol. The Hall–Kier alpha value is -1.11. The van der Waals surface area contributed by atoms with Gasteiger partial charge in [-0.2, -0.15) is 0 Å². The number of thiophene rings is 1. The van der Waals surface area contributed by atoms with Gasteiger partial charge in [0, 0.05) is 37.6 Å². The molecule has 2 amide bonds. The van der Waals surface area contributed by atoms with E-state index in [0.717, 1.165) is 45.4 Å². The topological polar surface area (TPSA) is 55.8 Å². The number of fused-ring (bicyclic) bond motifs is 1. The Morgan fingerprint density at radius 1 is 1.48 bits per heavy atom. The zero-order chi connectivity index (χ0) is 14.7. The van der Waals surface area contributed by atoms with Crippen molar-refractivity contribution < 1.29 is 9.90 Å². The molecule has 0 bridgehead atoms. The van der Waals surface area contributed by atoms with Crippen molar-refractivity contribution in [3.8, 4) is 0 Å². The first-order valence-electron chi connectivity index (χ1n) is 7.71. The van der Waals surface area contributed by atoms with Crippen LogP contribution in [0.3, 0.4) is 0 Å². The molecule has 6 heteroatoms. The summed E-state index contributed by atoms with van der Waals surface area (Å²) < 4.78 is 0. The predicted octanol–water partition coefficient (Wildman–Crippen LogP) is 1.27. The van der Waals surface area contributed by atoms with E-state index in [2.05, 4.69) is 21.7 Å². The van der Waals surface area contributed by atoms with Gasteiger partial charge in [0.05, 0.1) is 12.6 Å². The second kappa shape index (κ2) is 6.77. The van der Waals surface area contributed by atoms with Gasteiger partial charge in [-0.25, -0.2) is 4.79 Å². The Morgan fingerprint density at radius 2 is 2.38 bits per heavy atom. The molecule has 0 radical (unpaired) electrons. The number of urea groups is 1. The molecule has 0 spiro atoms. The molecule has 5 nitrogen and oxygen atoms in total. The molecule has 1 atom stereocenters. The van der Waals surface area contributed by atoms with E-state index >= 15 is 0 Å². The number of carbonyl (C=O) groups excluding carboxylic acids is 1. The van der Waals surface area contributed by atoms with Crippen LogP contribution in [0.15, 0.2) is 11.4 Å². The first kappa shape index (κ1) is 14.8. The summed E-state index contributed by atoms with van der Waals surface area (Å²) in [6.45, 7) is 4.47. The van der Waals surface area contributed by atoms with Crippen LogP contribution >= 0.6 is 11.3 Å². The Balaban J connectivity index is 1.41. The normalized spacial score (nSPS) is 22.3. The van der Waals surface area contributed by atoms with Crippen molar-refractivity contribution in [2.75, 3.05) is 32.8 Å². The fraction of sp³-hybridized carbons (Fsp3) is 0.667. The lowest BCUT2D eigenvalue weighted by Crippen LogP contribution is -2.46. The molecule has 2 N–H and O–H groups in total. The molecule has 1 aromatic rings. The largest absolute Gasteiger partial charge is 0.394 e. The van der Waals surface area contributed by atoms with E-state index in [-0.39, 0.29) is 18.7 Å². The second-order valence-electron chi connectivity index (χ2n) is 5.80. The molecule has 3 heterocycles. The Kier molecular flexibility index (Phi) is 4.77. The van der Waals surface area contributed by atoms with Crippen LogP contribution in [-0.4, -0.2) is 59.8 Å². The summed E-state index contributed by atoms with van der Waals surface area (Å²) in [5.74, 6) is 0. The van der Waals surface area contributed by atoms with Crippen molar-refractivity contribution in [2.24, 2.45) is 0 Å². The minimum absolute atomic E-state index is 0.00773. The summed E-state index contributed by atoms with van der Waals surface area (Å²) in [5.41, 5.74) is 1.44. The molecule has 0 unspecified atom stereocenters. The van der Waals surface area contributed by atoms with Crippen molar-refractivity contribution in [3.05, 3.63) is 21.9 Å². The third kappa shape index (κ3) is 3.39. The van der Waals surface area contributed by atoms with Crippen LogP contribution in [-0.2, 0) is 13.0 Å². The molecule has 21 heavy (non-hydrogen) atoms. The molecule has 1 saturated heterocycles. The first-order chi connectivity index (χ1) is 10.3. The summed E-state index contributed by atoms with van der Waals surface area (Å²) in [4.78, 5) is 17.8. The minimum Gasteiger partial charge on any atom is -0.394 e. The number of nitrogens with one attached hydrogen (secondary N) is 1. The number of nitrogens with zero attached hydrogens (tertiary/aromatic N) is 2. The summed E-state index contributed by atoms with van der Waals surface area (Å²) in [6.07, 6.45) is 3.03. The third-order valence-electron chi connectivity index (χ3n) is 4.44. The highest BCUT2D eigenvalue weighted by Crippen LogP contribution is 2.23. The van der Waals surface area contributed by atoms with Crippen LogP contribution in [0.1, 0.15) is 23.3 Å². The van der Waals surface area contributed by atoms with Gasteiger partial charge in [-0.15, -0.1) is 11.3 Å². The number of amides is 2. The van der Waals surface area contributed by atoms with Crippen LogP contribution in [0.2, 0.25) is 0 Å². The highest BCUT2D eigenvalue weighted by atomic mass is 32.1. The maximum atomic E-state index is 12.1. The smallest absolute Gasteiger partial charge is 0.317 e. The number of rotatable bonds is 4. The van der Waals surface area contributed by atoms with Gasteiger partial charge >= 0.3 is 6.03 Å². The number of aliphatic hydroxyl groups is 1. The molecule has 2 aliphatic rings. The summed E-state index contributed by atoms with van der Waals surface area (Å²) >= 11 is 1.85. The van der Waals surface area contributed by atoms with Gasteiger partial charge < -0.3 is 15.3 Å². The van der Waals surface area contributed by atoms with Gasteiger partial charge in [0.15, 0.2) is 0 Å². The zero-order valence-corrected chi connectivity index (χ0v) is 13.1. The SMILES string of the molecule is O=C(NCCN1CCc2sccc2C1)N1CCC[C@H]1CO. The van der Waals surface area contributed by atoms with Gasteiger partial charge in [0.1, 0.15) is 0 Å². The lowest BCUT2D eigenvalue weighted by Gasteiger charge is -2.28. The molecule has 0 aromatic carbocycles. The standard InChI is InChI=1S/C15H23N3O2S/c19-11-13-2-1-6-18(13)15(20)16-5-8-17-7-3-14-12(10-17)4-9-21-14/h4,9,13,19H,1-3,5-8,10-11H2,(H,16,20)/t13-/m0/s1. The van der Waals surface area contributed by atoms with Gasteiger partial charge in [-0.3, -0.25) is 4.90 Å². The van der Waals surface area contributed by atoms with E-state index in [9.17, 15) is 9.90 Å².